The summed E-state index contributed by atoms with van der Waals surface area (Å²) < 4.78 is 23.8. The molecule has 0 saturated carbocycles. The largest absolute Gasteiger partial charge is 0.478 e. The first kappa shape index (κ1) is 14.1. The Morgan fingerprint density at radius 1 is 1.04 bits per heavy atom. The zero-order valence-corrected chi connectivity index (χ0v) is 11.9. The van der Waals surface area contributed by atoms with Crippen LogP contribution in [0, 0.1) is 5.82 Å². The molecule has 0 unspecified atom stereocenters. The van der Waals surface area contributed by atoms with E-state index < -0.39 is 17.4 Å². The number of carboxylic acid groups (broad SMARTS) is 1. The predicted molar refractivity (Wildman–Crippen MR) is 82.4 cm³/mol. The fraction of sp³-hybridized carbons (Fsp3) is 0. The highest BCUT2D eigenvalue weighted by molar-refractivity contribution is 5.92. The van der Waals surface area contributed by atoms with Gasteiger partial charge >= 0.3 is 11.6 Å². The number of rotatable bonds is 2. The van der Waals surface area contributed by atoms with Crippen molar-refractivity contribution in [2.75, 3.05) is 0 Å². The van der Waals surface area contributed by atoms with E-state index in [1.54, 1.807) is 0 Å². The van der Waals surface area contributed by atoms with E-state index in [0.717, 1.165) is 6.07 Å². The zero-order chi connectivity index (χ0) is 16.8. The van der Waals surface area contributed by atoms with Crippen LogP contribution >= 0.6 is 0 Å². The van der Waals surface area contributed by atoms with E-state index in [1.807, 2.05) is 0 Å². The molecule has 24 heavy (non-hydrogen) atoms. The second-order valence-corrected chi connectivity index (χ2v) is 5.14. The fourth-order valence-corrected chi connectivity index (χ4v) is 2.41. The van der Waals surface area contributed by atoms with Crippen LogP contribution in [0.4, 0.5) is 4.39 Å². The quantitative estimate of drug-likeness (QED) is 0.567. The first-order chi connectivity index (χ1) is 11.5. The van der Waals surface area contributed by atoms with Gasteiger partial charge in [-0.25, -0.2) is 19.0 Å². The van der Waals surface area contributed by atoms with Crippen molar-refractivity contribution in [1.29, 1.82) is 0 Å². The van der Waals surface area contributed by atoms with Crippen molar-refractivity contribution in [3.63, 3.8) is 0 Å². The molecule has 0 aliphatic heterocycles. The van der Waals surface area contributed by atoms with Crippen LogP contribution in [0.5, 0.6) is 0 Å². The van der Waals surface area contributed by atoms with E-state index in [2.05, 4.69) is 4.98 Å². The van der Waals surface area contributed by atoms with Crippen LogP contribution in [0.1, 0.15) is 10.4 Å². The molecular weight excluding hydrogens is 317 g/mol. The van der Waals surface area contributed by atoms with Crippen LogP contribution in [0.3, 0.4) is 0 Å². The van der Waals surface area contributed by atoms with E-state index in [9.17, 15) is 14.0 Å². The van der Waals surface area contributed by atoms with Gasteiger partial charge in [-0.15, -0.1) is 0 Å². The van der Waals surface area contributed by atoms with Gasteiger partial charge in [-0.2, -0.15) is 0 Å². The van der Waals surface area contributed by atoms with Gasteiger partial charge < -0.3 is 13.9 Å². The highest BCUT2D eigenvalue weighted by atomic mass is 19.1. The molecule has 0 aliphatic rings. The summed E-state index contributed by atoms with van der Waals surface area (Å²) in [5.74, 6) is -1.60. The topological polar surface area (TPSA) is 93.5 Å². The Labute approximate surface area is 132 Å². The number of hydrogen-bond acceptors (Lipinski definition) is 5. The molecule has 0 radical (unpaired) electrons. The van der Waals surface area contributed by atoms with E-state index >= 15 is 0 Å². The van der Waals surface area contributed by atoms with Crippen molar-refractivity contribution in [3.05, 3.63) is 64.3 Å². The average molecular weight is 325 g/mol. The van der Waals surface area contributed by atoms with E-state index in [0.29, 0.717) is 10.9 Å². The Balaban J connectivity index is 1.92. The minimum Gasteiger partial charge on any atom is -0.478 e. The van der Waals surface area contributed by atoms with Gasteiger partial charge in [0.05, 0.1) is 5.56 Å². The molecule has 0 spiro atoms. The lowest BCUT2D eigenvalue weighted by Gasteiger charge is -1.98. The molecule has 4 rings (SSSR count). The fourth-order valence-electron chi connectivity index (χ4n) is 2.41. The lowest BCUT2D eigenvalue weighted by Crippen LogP contribution is -2.02. The smallest absolute Gasteiger partial charge is 0.349 e. The van der Waals surface area contributed by atoms with Crippen molar-refractivity contribution in [2.24, 2.45) is 0 Å². The van der Waals surface area contributed by atoms with Gasteiger partial charge in [0.1, 0.15) is 22.5 Å². The third-order valence-electron chi connectivity index (χ3n) is 3.56. The van der Waals surface area contributed by atoms with Crippen molar-refractivity contribution in [3.8, 4) is 11.5 Å². The van der Waals surface area contributed by atoms with Gasteiger partial charge in [0.2, 0.25) is 5.89 Å². The van der Waals surface area contributed by atoms with Gasteiger partial charge in [0, 0.05) is 11.5 Å². The molecule has 0 fully saturated rings. The third-order valence-corrected chi connectivity index (χ3v) is 3.56. The summed E-state index contributed by atoms with van der Waals surface area (Å²) in [5.41, 5.74) is 0.164. The SMILES string of the molecule is O=C(O)c1ccc2nc(-c3cc4ccc(F)cc4oc3=O)oc2c1. The molecule has 2 aromatic heterocycles. The summed E-state index contributed by atoms with van der Waals surface area (Å²) in [6.07, 6.45) is 0. The molecule has 0 bridgehead atoms. The third kappa shape index (κ3) is 2.23. The lowest BCUT2D eigenvalue weighted by atomic mass is 10.2. The Morgan fingerprint density at radius 3 is 2.67 bits per heavy atom. The van der Waals surface area contributed by atoms with Crippen LogP contribution in [0.25, 0.3) is 33.5 Å². The summed E-state index contributed by atoms with van der Waals surface area (Å²) >= 11 is 0. The van der Waals surface area contributed by atoms with Gasteiger partial charge in [0.25, 0.3) is 0 Å². The van der Waals surface area contributed by atoms with Crippen molar-refractivity contribution in [1.82, 2.24) is 4.98 Å². The maximum absolute atomic E-state index is 13.2. The molecular formula is C17H8FNO5. The van der Waals surface area contributed by atoms with Crippen molar-refractivity contribution < 1.29 is 23.1 Å². The minimum atomic E-state index is -1.10. The Kier molecular flexibility index (Phi) is 2.96. The molecule has 0 saturated heterocycles. The Morgan fingerprint density at radius 2 is 1.88 bits per heavy atom. The summed E-state index contributed by atoms with van der Waals surface area (Å²) in [6, 6.07) is 9.54. The van der Waals surface area contributed by atoms with Crippen LogP contribution < -0.4 is 5.63 Å². The Bertz CT molecular complexity index is 1170. The van der Waals surface area contributed by atoms with Gasteiger partial charge in [0.15, 0.2) is 5.58 Å². The first-order valence-electron chi connectivity index (χ1n) is 6.89. The summed E-state index contributed by atoms with van der Waals surface area (Å²) in [5, 5.41) is 9.51. The predicted octanol–water partition coefficient (Wildman–Crippen LogP) is 3.44. The van der Waals surface area contributed by atoms with Crippen molar-refractivity contribution in [2.45, 2.75) is 0 Å². The number of nitrogens with zero attached hydrogens (tertiary/aromatic N) is 1. The molecule has 0 amide bonds. The number of halogens is 1. The summed E-state index contributed by atoms with van der Waals surface area (Å²) in [7, 11) is 0. The standard InChI is InChI=1S/C17H8FNO5/c18-10-3-1-8-5-11(17(22)24-13(8)7-10)15-19-12-4-2-9(16(20)21)6-14(12)23-15/h1-7H,(H,20,21). The highest BCUT2D eigenvalue weighted by Crippen LogP contribution is 2.25. The normalized spacial score (nSPS) is 11.2. The summed E-state index contributed by atoms with van der Waals surface area (Å²) in [6.45, 7) is 0. The van der Waals surface area contributed by atoms with Crippen LogP contribution in [0.2, 0.25) is 0 Å². The van der Waals surface area contributed by atoms with E-state index in [4.69, 9.17) is 13.9 Å². The van der Waals surface area contributed by atoms with Crippen molar-refractivity contribution >= 4 is 28.0 Å². The molecule has 1 N–H and O–H groups in total. The van der Waals surface area contributed by atoms with E-state index in [-0.39, 0.29) is 28.2 Å². The zero-order valence-electron chi connectivity index (χ0n) is 11.9. The summed E-state index contributed by atoms with van der Waals surface area (Å²) in [4.78, 5) is 27.3. The number of benzene rings is 2. The van der Waals surface area contributed by atoms with Crippen LogP contribution in [-0.4, -0.2) is 16.1 Å². The second kappa shape index (κ2) is 5.02. The minimum absolute atomic E-state index is 0.00696. The van der Waals surface area contributed by atoms with Gasteiger partial charge in [-0.05, 0) is 36.4 Å². The molecule has 4 aromatic rings. The number of hydrogen-bond donors (Lipinski definition) is 1. The molecule has 118 valence electrons. The maximum Gasteiger partial charge on any atom is 0.349 e. The molecule has 0 aliphatic carbocycles. The number of fused-ring (bicyclic) bond motifs is 2. The molecule has 2 heterocycles. The molecule has 6 nitrogen and oxygen atoms in total. The lowest BCUT2D eigenvalue weighted by molar-refractivity contribution is 0.0697. The number of carboxylic acids is 1. The van der Waals surface area contributed by atoms with Gasteiger partial charge in [-0.1, -0.05) is 0 Å². The number of aromatic carboxylic acids is 1. The maximum atomic E-state index is 13.2. The molecule has 0 atom stereocenters. The highest BCUT2D eigenvalue weighted by Gasteiger charge is 2.16. The number of aromatic nitrogens is 1. The number of oxazole rings is 1. The molecule has 2 aromatic carbocycles. The average Bonchev–Trinajstić information content (AvgIpc) is 2.96. The Hall–Kier alpha value is -3.48. The first-order valence-corrected chi connectivity index (χ1v) is 6.89. The second-order valence-electron chi connectivity index (χ2n) is 5.14. The van der Waals surface area contributed by atoms with Gasteiger partial charge in [-0.3, -0.25) is 0 Å². The van der Waals surface area contributed by atoms with Crippen LogP contribution in [0.15, 0.2) is 56.1 Å². The number of carbonyl (C=O) groups is 1. The van der Waals surface area contributed by atoms with Crippen LogP contribution in [-0.2, 0) is 0 Å². The monoisotopic (exact) mass is 325 g/mol. The van der Waals surface area contributed by atoms with E-state index in [1.165, 1.54) is 36.4 Å². The molecule has 7 heteroatoms.